The summed E-state index contributed by atoms with van der Waals surface area (Å²) >= 11 is 0. The average Bonchev–Trinajstić information content (AvgIpc) is 3.16. The Hall–Kier alpha value is -0.0800. The zero-order valence-electron chi connectivity index (χ0n) is 11.8. The molecule has 100 valence electrons. The summed E-state index contributed by atoms with van der Waals surface area (Å²) in [6.45, 7) is 2.37. The molecule has 0 heterocycles. The molecule has 1 unspecified atom stereocenters. The fourth-order valence-corrected chi connectivity index (χ4v) is 3.42. The van der Waals surface area contributed by atoms with Crippen LogP contribution < -0.4 is 5.32 Å². The fraction of sp³-hybridized carbons (Fsp3) is 1.00. The van der Waals surface area contributed by atoms with Gasteiger partial charge in [0.1, 0.15) is 0 Å². The van der Waals surface area contributed by atoms with E-state index < -0.39 is 0 Å². The Morgan fingerprint density at radius 1 is 1.24 bits per heavy atom. The number of likely N-dealkylation sites (N-methyl/N-ethyl adjacent to an activating group) is 1. The summed E-state index contributed by atoms with van der Waals surface area (Å²) in [7, 11) is 4.02. The van der Waals surface area contributed by atoms with Gasteiger partial charge in [0.05, 0.1) is 5.60 Å². The highest BCUT2D eigenvalue weighted by atomic mass is 16.5. The second-order valence-electron chi connectivity index (χ2n) is 6.31. The van der Waals surface area contributed by atoms with Gasteiger partial charge in [-0.25, -0.2) is 0 Å². The van der Waals surface area contributed by atoms with E-state index in [4.69, 9.17) is 4.74 Å². The van der Waals surface area contributed by atoms with Crippen molar-refractivity contribution in [3.05, 3.63) is 0 Å². The molecule has 2 nitrogen and oxygen atoms in total. The van der Waals surface area contributed by atoms with Gasteiger partial charge in [-0.3, -0.25) is 0 Å². The molecule has 2 saturated carbocycles. The summed E-state index contributed by atoms with van der Waals surface area (Å²) in [5.74, 6) is 1.92. The number of hydrogen-bond acceptors (Lipinski definition) is 2. The van der Waals surface area contributed by atoms with Crippen LogP contribution in [0.25, 0.3) is 0 Å². The van der Waals surface area contributed by atoms with Crippen LogP contribution in [0.5, 0.6) is 0 Å². The predicted molar refractivity (Wildman–Crippen MR) is 72.2 cm³/mol. The third kappa shape index (κ3) is 3.23. The normalized spacial score (nSPS) is 35.8. The van der Waals surface area contributed by atoms with Crippen LogP contribution in [0.2, 0.25) is 0 Å². The SMILES string of the molecule is CNC(CCC1CC1)C1(OC)CCC(C)CC1. The molecule has 0 amide bonds. The van der Waals surface area contributed by atoms with Crippen LogP contribution in [0, 0.1) is 11.8 Å². The minimum atomic E-state index is 0.121. The third-order valence-corrected chi connectivity index (χ3v) is 5.07. The van der Waals surface area contributed by atoms with E-state index in [0.29, 0.717) is 6.04 Å². The molecule has 1 atom stereocenters. The molecule has 0 aromatic rings. The van der Waals surface area contributed by atoms with Crippen molar-refractivity contribution in [2.75, 3.05) is 14.2 Å². The molecule has 0 aromatic carbocycles. The molecule has 0 spiro atoms. The highest BCUT2D eigenvalue weighted by Crippen LogP contribution is 2.40. The first-order valence-corrected chi connectivity index (χ1v) is 7.42. The summed E-state index contributed by atoms with van der Waals surface area (Å²) < 4.78 is 5.97. The van der Waals surface area contributed by atoms with E-state index in [9.17, 15) is 0 Å². The van der Waals surface area contributed by atoms with E-state index in [1.807, 2.05) is 7.11 Å². The van der Waals surface area contributed by atoms with Crippen molar-refractivity contribution in [2.24, 2.45) is 11.8 Å². The van der Waals surface area contributed by atoms with E-state index >= 15 is 0 Å². The molecule has 17 heavy (non-hydrogen) atoms. The summed E-state index contributed by atoms with van der Waals surface area (Å²) in [5, 5.41) is 3.54. The number of methoxy groups -OCH3 is 1. The molecule has 2 aliphatic carbocycles. The van der Waals surface area contributed by atoms with Crippen molar-refractivity contribution in [3.63, 3.8) is 0 Å². The molecular formula is C15H29NO. The van der Waals surface area contributed by atoms with E-state index in [-0.39, 0.29) is 5.60 Å². The van der Waals surface area contributed by atoms with Crippen molar-refractivity contribution >= 4 is 0 Å². The Bertz CT molecular complexity index is 229. The lowest BCUT2D eigenvalue weighted by Gasteiger charge is -2.44. The van der Waals surface area contributed by atoms with Gasteiger partial charge in [-0.2, -0.15) is 0 Å². The molecule has 2 rings (SSSR count). The molecular weight excluding hydrogens is 210 g/mol. The van der Waals surface area contributed by atoms with Gasteiger partial charge in [0.15, 0.2) is 0 Å². The molecule has 2 heteroatoms. The minimum Gasteiger partial charge on any atom is -0.377 e. The van der Waals surface area contributed by atoms with Gasteiger partial charge in [-0.1, -0.05) is 19.8 Å². The molecule has 0 aromatic heterocycles. The molecule has 0 bridgehead atoms. The van der Waals surface area contributed by atoms with Crippen LogP contribution in [0.15, 0.2) is 0 Å². The fourth-order valence-electron chi connectivity index (χ4n) is 3.42. The van der Waals surface area contributed by atoms with E-state index in [1.54, 1.807) is 0 Å². The summed E-state index contributed by atoms with van der Waals surface area (Å²) in [6.07, 6.45) is 10.8. The Morgan fingerprint density at radius 3 is 2.35 bits per heavy atom. The van der Waals surface area contributed by atoms with Gasteiger partial charge in [0.2, 0.25) is 0 Å². The molecule has 0 aliphatic heterocycles. The smallest absolute Gasteiger partial charge is 0.0831 e. The van der Waals surface area contributed by atoms with Crippen LogP contribution in [0.3, 0.4) is 0 Å². The maximum Gasteiger partial charge on any atom is 0.0831 e. The Morgan fingerprint density at radius 2 is 1.88 bits per heavy atom. The van der Waals surface area contributed by atoms with Gasteiger partial charge in [-0.15, -0.1) is 0 Å². The molecule has 2 aliphatic rings. The van der Waals surface area contributed by atoms with Gasteiger partial charge in [-0.05, 0) is 57.4 Å². The van der Waals surface area contributed by atoms with Gasteiger partial charge >= 0.3 is 0 Å². The maximum atomic E-state index is 5.97. The van der Waals surface area contributed by atoms with E-state index in [1.165, 1.54) is 51.4 Å². The molecule has 0 saturated heterocycles. The number of ether oxygens (including phenoxy) is 1. The second kappa shape index (κ2) is 5.71. The monoisotopic (exact) mass is 239 g/mol. The Labute approximate surface area is 107 Å². The highest BCUT2D eigenvalue weighted by molar-refractivity contribution is 4.96. The second-order valence-corrected chi connectivity index (χ2v) is 6.31. The van der Waals surface area contributed by atoms with E-state index in [0.717, 1.165) is 11.8 Å². The van der Waals surface area contributed by atoms with Crippen LogP contribution >= 0.6 is 0 Å². The van der Waals surface area contributed by atoms with Gasteiger partial charge in [0.25, 0.3) is 0 Å². The Balaban J connectivity index is 1.92. The van der Waals surface area contributed by atoms with Crippen molar-refractivity contribution in [1.29, 1.82) is 0 Å². The number of nitrogens with one attached hydrogen (secondary N) is 1. The average molecular weight is 239 g/mol. The minimum absolute atomic E-state index is 0.121. The highest BCUT2D eigenvalue weighted by Gasteiger charge is 2.41. The topological polar surface area (TPSA) is 21.3 Å². The van der Waals surface area contributed by atoms with Crippen LogP contribution in [0.1, 0.15) is 58.3 Å². The largest absolute Gasteiger partial charge is 0.377 e. The number of hydrogen-bond donors (Lipinski definition) is 1. The zero-order chi connectivity index (χ0) is 12.3. The maximum absolute atomic E-state index is 5.97. The zero-order valence-corrected chi connectivity index (χ0v) is 11.8. The Kier molecular flexibility index (Phi) is 4.48. The molecule has 0 radical (unpaired) electrons. The van der Waals surface area contributed by atoms with Crippen molar-refractivity contribution in [1.82, 2.24) is 5.32 Å². The van der Waals surface area contributed by atoms with Gasteiger partial charge < -0.3 is 10.1 Å². The van der Waals surface area contributed by atoms with Crippen molar-refractivity contribution in [3.8, 4) is 0 Å². The quantitative estimate of drug-likeness (QED) is 0.767. The first-order valence-electron chi connectivity index (χ1n) is 7.42. The predicted octanol–water partition coefficient (Wildman–Crippen LogP) is 3.36. The lowest BCUT2D eigenvalue weighted by molar-refractivity contribution is -0.0755. The standard InChI is InChI=1S/C15H29NO/c1-12-8-10-15(17-3,11-9-12)14(16-2)7-6-13-4-5-13/h12-14,16H,4-11H2,1-3H3. The third-order valence-electron chi connectivity index (χ3n) is 5.07. The first kappa shape index (κ1) is 13.4. The first-order chi connectivity index (χ1) is 8.20. The lowest BCUT2D eigenvalue weighted by atomic mass is 9.74. The van der Waals surface area contributed by atoms with Gasteiger partial charge in [0, 0.05) is 13.2 Å². The van der Waals surface area contributed by atoms with Crippen LogP contribution in [-0.2, 0) is 4.74 Å². The summed E-state index contributed by atoms with van der Waals surface area (Å²) in [6, 6.07) is 0.556. The molecule has 2 fully saturated rings. The van der Waals surface area contributed by atoms with Crippen molar-refractivity contribution in [2.45, 2.75) is 69.9 Å². The molecule has 1 N–H and O–H groups in total. The van der Waals surface area contributed by atoms with Crippen LogP contribution in [-0.4, -0.2) is 25.8 Å². The lowest BCUT2D eigenvalue weighted by Crippen LogP contribution is -2.52. The summed E-state index contributed by atoms with van der Waals surface area (Å²) in [5.41, 5.74) is 0.121. The number of rotatable bonds is 6. The van der Waals surface area contributed by atoms with Crippen LogP contribution in [0.4, 0.5) is 0 Å². The van der Waals surface area contributed by atoms with Crippen molar-refractivity contribution < 1.29 is 4.74 Å². The van der Waals surface area contributed by atoms with E-state index in [2.05, 4.69) is 19.3 Å². The summed E-state index contributed by atoms with van der Waals surface area (Å²) in [4.78, 5) is 0.